The molecule has 0 fully saturated rings. The van der Waals surface area contributed by atoms with Crippen LogP contribution in [-0.2, 0) is 14.6 Å². The van der Waals surface area contributed by atoms with Gasteiger partial charge in [-0.3, -0.25) is 5.84 Å². The second-order valence-electron chi connectivity index (χ2n) is 1.68. The second kappa shape index (κ2) is 8.69. The molecule has 0 atom stereocenters. The maximum Gasteiger partial charge on any atom is 0.490 e. The van der Waals surface area contributed by atoms with Crippen molar-refractivity contribution in [3.05, 3.63) is 0 Å². The first kappa shape index (κ1) is 15.6. The third kappa shape index (κ3) is 13.7. The van der Waals surface area contributed by atoms with Crippen molar-refractivity contribution >= 4 is 5.97 Å². The van der Waals surface area contributed by atoms with Gasteiger partial charge in [-0.2, -0.15) is 13.2 Å². The number of halogens is 3. The van der Waals surface area contributed by atoms with Gasteiger partial charge in [0.2, 0.25) is 0 Å². The van der Waals surface area contributed by atoms with Gasteiger partial charge in [0.25, 0.3) is 0 Å². The first-order chi connectivity index (χ1) is 6.36. The van der Waals surface area contributed by atoms with E-state index >= 15 is 0 Å². The Hall–Kier alpha value is -0.900. The Labute approximate surface area is 77.7 Å². The number of alkyl halides is 3. The highest BCUT2D eigenvalue weighted by Crippen LogP contribution is 2.13. The van der Waals surface area contributed by atoms with Crippen LogP contribution in [0, 0.1) is 0 Å². The van der Waals surface area contributed by atoms with Crippen molar-refractivity contribution in [2.24, 2.45) is 5.84 Å². The molecule has 0 aromatic carbocycles. The number of nitrogens with two attached hydrogens (primary N) is 1. The van der Waals surface area contributed by atoms with E-state index in [0.717, 1.165) is 0 Å². The zero-order chi connectivity index (χ0) is 11.6. The summed E-state index contributed by atoms with van der Waals surface area (Å²) in [5.74, 6) is 2.06. The summed E-state index contributed by atoms with van der Waals surface area (Å²) in [5.41, 5.74) is 2.26. The predicted octanol–water partition coefficient (Wildman–Crippen LogP) is 0.00860. The fraction of sp³-hybridized carbons (Fsp3) is 0.800. The van der Waals surface area contributed by atoms with Crippen molar-refractivity contribution in [3.63, 3.8) is 0 Å². The third-order valence-corrected chi connectivity index (χ3v) is 0.586. The number of carboxylic acids is 1. The molecular weight excluding hydrogens is 209 g/mol. The standard InChI is InChI=1S/C3H10N2O2.C2HF3O2/c1-2-6-7-3-5-4;3-2(4,5)1(6)7/h5H,2-4H2,1H3;(H,6,7). The van der Waals surface area contributed by atoms with E-state index in [1.807, 2.05) is 6.92 Å². The zero-order valence-electron chi connectivity index (χ0n) is 7.30. The normalized spacial score (nSPS) is 10.4. The molecule has 14 heavy (non-hydrogen) atoms. The van der Waals surface area contributed by atoms with E-state index in [1.165, 1.54) is 0 Å². The van der Waals surface area contributed by atoms with Crippen LogP contribution in [0.25, 0.3) is 0 Å². The van der Waals surface area contributed by atoms with Crippen molar-refractivity contribution in [1.29, 1.82) is 0 Å². The lowest BCUT2D eigenvalue weighted by Gasteiger charge is -1.96. The van der Waals surface area contributed by atoms with Crippen LogP contribution < -0.4 is 11.3 Å². The SMILES string of the molecule is CCOOCNN.O=C(O)C(F)(F)F. The molecular formula is C5H11F3N2O4. The average Bonchev–Trinajstić information content (AvgIpc) is 2.05. The van der Waals surface area contributed by atoms with Gasteiger partial charge in [0.1, 0.15) is 6.73 Å². The monoisotopic (exact) mass is 220 g/mol. The average molecular weight is 220 g/mol. The smallest absolute Gasteiger partial charge is 0.475 e. The summed E-state index contributed by atoms with van der Waals surface area (Å²) in [7, 11) is 0. The van der Waals surface area contributed by atoms with E-state index in [0.29, 0.717) is 6.61 Å². The number of nitrogens with one attached hydrogen (secondary N) is 1. The van der Waals surface area contributed by atoms with E-state index in [2.05, 4.69) is 15.2 Å². The molecule has 0 radical (unpaired) electrons. The van der Waals surface area contributed by atoms with Crippen molar-refractivity contribution in [1.82, 2.24) is 5.43 Å². The highest BCUT2D eigenvalue weighted by molar-refractivity contribution is 5.73. The summed E-state index contributed by atoms with van der Waals surface area (Å²) in [6.45, 7) is 2.60. The van der Waals surface area contributed by atoms with Crippen molar-refractivity contribution < 1.29 is 32.8 Å². The fourth-order valence-electron chi connectivity index (χ4n) is 0.159. The number of carboxylic acid groups (broad SMARTS) is 1. The van der Waals surface area contributed by atoms with Crippen molar-refractivity contribution in [3.8, 4) is 0 Å². The quantitative estimate of drug-likeness (QED) is 0.203. The summed E-state index contributed by atoms with van der Waals surface area (Å²) in [6.07, 6.45) is -5.08. The summed E-state index contributed by atoms with van der Waals surface area (Å²) < 4.78 is 31.7. The summed E-state index contributed by atoms with van der Waals surface area (Å²) >= 11 is 0. The predicted molar refractivity (Wildman–Crippen MR) is 38.6 cm³/mol. The van der Waals surface area contributed by atoms with E-state index in [4.69, 9.17) is 15.7 Å². The minimum Gasteiger partial charge on any atom is -0.475 e. The Morgan fingerprint density at radius 3 is 2.14 bits per heavy atom. The number of rotatable bonds is 4. The zero-order valence-corrected chi connectivity index (χ0v) is 7.30. The molecule has 0 bridgehead atoms. The van der Waals surface area contributed by atoms with Crippen molar-refractivity contribution in [2.75, 3.05) is 13.3 Å². The molecule has 0 aliphatic carbocycles. The van der Waals surface area contributed by atoms with Crippen LogP contribution in [0.15, 0.2) is 0 Å². The molecule has 0 aliphatic rings. The van der Waals surface area contributed by atoms with Crippen LogP contribution in [0.1, 0.15) is 6.92 Å². The lowest BCUT2D eigenvalue weighted by molar-refractivity contribution is -0.295. The molecule has 0 aromatic rings. The van der Waals surface area contributed by atoms with Gasteiger partial charge < -0.3 is 5.11 Å². The lowest BCUT2D eigenvalue weighted by Crippen LogP contribution is -2.24. The lowest BCUT2D eigenvalue weighted by atomic mass is 10.7. The molecule has 9 heteroatoms. The fourth-order valence-corrected chi connectivity index (χ4v) is 0.159. The number of carbonyl (C=O) groups is 1. The Morgan fingerprint density at radius 2 is 1.93 bits per heavy atom. The van der Waals surface area contributed by atoms with E-state index in [1.54, 1.807) is 0 Å². The molecule has 0 unspecified atom stereocenters. The molecule has 0 saturated heterocycles. The van der Waals surface area contributed by atoms with Crippen molar-refractivity contribution in [2.45, 2.75) is 13.1 Å². The maximum atomic E-state index is 10.6. The van der Waals surface area contributed by atoms with Crippen LogP contribution in [0.3, 0.4) is 0 Å². The van der Waals surface area contributed by atoms with Crippen LogP contribution in [0.2, 0.25) is 0 Å². The first-order valence-corrected chi connectivity index (χ1v) is 3.34. The largest absolute Gasteiger partial charge is 0.490 e. The number of hydrogen-bond donors (Lipinski definition) is 3. The minimum atomic E-state index is -5.08. The van der Waals surface area contributed by atoms with E-state index in [-0.39, 0.29) is 6.73 Å². The molecule has 6 nitrogen and oxygen atoms in total. The highest BCUT2D eigenvalue weighted by atomic mass is 19.4. The van der Waals surface area contributed by atoms with Crippen LogP contribution in [0.4, 0.5) is 13.2 Å². The van der Waals surface area contributed by atoms with E-state index < -0.39 is 12.1 Å². The molecule has 0 rings (SSSR count). The van der Waals surface area contributed by atoms with Gasteiger partial charge in [-0.1, -0.05) is 0 Å². The van der Waals surface area contributed by atoms with Gasteiger partial charge in [0.15, 0.2) is 0 Å². The van der Waals surface area contributed by atoms with Gasteiger partial charge >= 0.3 is 12.1 Å². The third-order valence-electron chi connectivity index (χ3n) is 0.586. The minimum absolute atomic E-state index is 0.230. The number of hydrogen-bond acceptors (Lipinski definition) is 5. The molecule has 4 N–H and O–H groups in total. The van der Waals surface area contributed by atoms with E-state index in [9.17, 15) is 13.2 Å². The Bertz CT molecular complexity index is 148. The van der Waals surface area contributed by atoms with Gasteiger partial charge in [-0.25, -0.2) is 20.0 Å². The Balaban J connectivity index is 0. The summed E-state index contributed by atoms with van der Waals surface area (Å²) in [5, 5.41) is 7.12. The first-order valence-electron chi connectivity index (χ1n) is 3.34. The second-order valence-corrected chi connectivity index (χ2v) is 1.68. The number of aliphatic carboxylic acids is 1. The Morgan fingerprint density at radius 1 is 1.50 bits per heavy atom. The van der Waals surface area contributed by atoms with Gasteiger partial charge in [-0.15, -0.1) is 0 Å². The van der Waals surface area contributed by atoms with Gasteiger partial charge in [-0.05, 0) is 6.92 Å². The molecule has 0 aromatic heterocycles. The maximum absolute atomic E-state index is 10.6. The molecule has 0 saturated carbocycles. The van der Waals surface area contributed by atoms with Gasteiger partial charge in [0, 0.05) is 0 Å². The van der Waals surface area contributed by atoms with Crippen LogP contribution in [-0.4, -0.2) is 30.6 Å². The van der Waals surface area contributed by atoms with Gasteiger partial charge in [0.05, 0.1) is 6.61 Å². The molecule has 0 heterocycles. The number of hydrazine groups is 1. The molecule has 0 aliphatic heterocycles. The highest BCUT2D eigenvalue weighted by Gasteiger charge is 2.38. The van der Waals surface area contributed by atoms with Crippen LogP contribution >= 0.6 is 0 Å². The molecule has 86 valence electrons. The van der Waals surface area contributed by atoms with Crippen LogP contribution in [0.5, 0.6) is 0 Å². The molecule has 0 amide bonds. The Kier molecular flexibility index (Phi) is 9.66. The summed E-state index contributed by atoms with van der Waals surface area (Å²) in [4.78, 5) is 17.7. The topological polar surface area (TPSA) is 93.8 Å². The molecule has 0 spiro atoms. The summed E-state index contributed by atoms with van der Waals surface area (Å²) in [6, 6.07) is 0.